The van der Waals surface area contributed by atoms with E-state index in [4.69, 9.17) is 16.3 Å². The van der Waals surface area contributed by atoms with E-state index in [0.29, 0.717) is 42.5 Å². The van der Waals surface area contributed by atoms with Gasteiger partial charge in [-0.3, -0.25) is 9.59 Å². The number of carbonyl (C=O) groups is 2. The first-order valence-corrected chi connectivity index (χ1v) is 13.3. The Hall–Kier alpha value is -1.99. The monoisotopic (exact) mass is 566 g/mol. The lowest BCUT2D eigenvalue weighted by molar-refractivity contribution is -0.935. The van der Waals surface area contributed by atoms with Crippen molar-refractivity contribution in [2.45, 2.75) is 42.9 Å². The van der Waals surface area contributed by atoms with Gasteiger partial charge in [-0.2, -0.15) is 0 Å². The molecule has 0 radical (unpaired) electrons. The number of ether oxygens (including phenoxy) is 1. The lowest BCUT2D eigenvalue weighted by Gasteiger charge is -2.60. The Balaban J connectivity index is 0.00000220. The Morgan fingerprint density at radius 1 is 1.17 bits per heavy atom. The van der Waals surface area contributed by atoms with Gasteiger partial charge in [-0.25, -0.2) is 0 Å². The fourth-order valence-electron chi connectivity index (χ4n) is 9.21. The second-order valence-electron chi connectivity index (χ2n) is 11.5. The topological polar surface area (TPSA) is 46.6 Å². The van der Waals surface area contributed by atoms with Gasteiger partial charge in [0, 0.05) is 35.0 Å². The molecule has 6 aliphatic rings. The molecular weight excluding hydrogens is 540 g/mol. The maximum Gasteiger partial charge on any atom is 0.229 e. The molecule has 5 heterocycles. The molecule has 1 amide bonds. The molecule has 1 aliphatic carbocycles. The minimum absolute atomic E-state index is 0. The number of hydrogen-bond acceptors (Lipinski definition) is 3. The van der Waals surface area contributed by atoms with Crippen LogP contribution in [0.5, 0.6) is 0 Å². The molecule has 7 atom stereocenters. The number of quaternary nitrogens is 1. The highest BCUT2D eigenvalue weighted by atomic mass is 79.9. The van der Waals surface area contributed by atoms with Gasteiger partial charge in [0.1, 0.15) is 19.1 Å². The van der Waals surface area contributed by atoms with Crippen molar-refractivity contribution in [2.75, 3.05) is 31.1 Å². The highest BCUT2D eigenvalue weighted by Crippen LogP contribution is 2.67. The quantitative estimate of drug-likeness (QED) is 0.318. The molecule has 3 saturated heterocycles. The van der Waals surface area contributed by atoms with E-state index in [-0.39, 0.29) is 46.2 Å². The number of hydrogen-bond donors (Lipinski definition) is 0. The number of rotatable bonds is 3. The van der Waals surface area contributed by atoms with E-state index >= 15 is 0 Å². The number of carbonyl (C=O) groups excluding carboxylic acids is 2. The largest absolute Gasteiger partial charge is 1.00 e. The lowest BCUT2D eigenvalue weighted by Crippen LogP contribution is -3.00. The fraction of sp³-hybridized carbons (Fsp3) is 0.448. The number of halogens is 2. The summed E-state index contributed by atoms with van der Waals surface area (Å²) in [7, 11) is 0. The molecule has 1 saturated carbocycles. The van der Waals surface area contributed by atoms with Crippen LogP contribution in [0.3, 0.4) is 0 Å². The third kappa shape index (κ3) is 2.74. The molecule has 2 aromatic rings. The van der Waals surface area contributed by atoms with Crippen LogP contribution in [0, 0.1) is 11.8 Å². The predicted octanol–water partition coefficient (Wildman–Crippen LogP) is 1.15. The lowest BCUT2D eigenvalue weighted by atomic mass is 9.53. The zero-order valence-corrected chi connectivity index (χ0v) is 22.2. The maximum absolute atomic E-state index is 13.7. The van der Waals surface area contributed by atoms with Gasteiger partial charge in [0.05, 0.1) is 37.1 Å². The van der Waals surface area contributed by atoms with Gasteiger partial charge < -0.3 is 31.1 Å². The van der Waals surface area contributed by atoms with Crippen LogP contribution in [-0.2, 0) is 14.9 Å². The van der Waals surface area contributed by atoms with Gasteiger partial charge in [0.15, 0.2) is 0 Å². The summed E-state index contributed by atoms with van der Waals surface area (Å²) in [5.74, 6) is 1.15. The van der Waals surface area contributed by atoms with E-state index in [1.165, 1.54) is 11.1 Å². The molecule has 0 aromatic heterocycles. The van der Waals surface area contributed by atoms with Crippen LogP contribution in [0.1, 0.15) is 35.2 Å². The van der Waals surface area contributed by atoms with E-state index < -0.39 is 0 Å². The summed E-state index contributed by atoms with van der Waals surface area (Å²) in [6.45, 7) is 2.96. The zero-order valence-electron chi connectivity index (χ0n) is 19.9. The molecule has 2 bridgehead atoms. The third-order valence-electron chi connectivity index (χ3n) is 10.3. The van der Waals surface area contributed by atoms with Crippen LogP contribution < -0.4 is 21.9 Å². The Morgan fingerprint density at radius 2 is 1.97 bits per heavy atom. The van der Waals surface area contributed by atoms with Crippen LogP contribution in [0.4, 0.5) is 5.69 Å². The minimum Gasteiger partial charge on any atom is -1.00 e. The van der Waals surface area contributed by atoms with Crippen molar-refractivity contribution in [3.8, 4) is 0 Å². The Kier molecular flexibility index (Phi) is 4.99. The van der Waals surface area contributed by atoms with E-state index in [9.17, 15) is 9.59 Å². The summed E-state index contributed by atoms with van der Waals surface area (Å²) in [5.41, 5.74) is 4.52. The number of ketones is 1. The van der Waals surface area contributed by atoms with Crippen molar-refractivity contribution in [3.63, 3.8) is 0 Å². The Bertz CT molecular complexity index is 1330. The number of piperidine rings is 2. The van der Waals surface area contributed by atoms with E-state index in [1.807, 2.05) is 24.3 Å². The molecule has 8 rings (SSSR count). The number of Topliss-reactive ketones (excluding diaryl/α,β-unsaturated/α-hetero) is 1. The summed E-state index contributed by atoms with van der Waals surface area (Å²) in [6, 6.07) is 16.4. The summed E-state index contributed by atoms with van der Waals surface area (Å²) in [6.07, 6.45) is 4.85. The molecule has 5 nitrogen and oxygen atoms in total. The van der Waals surface area contributed by atoms with Crippen molar-refractivity contribution in [2.24, 2.45) is 11.8 Å². The predicted molar refractivity (Wildman–Crippen MR) is 132 cm³/mol. The third-order valence-corrected chi connectivity index (χ3v) is 10.6. The number of fused-ring (bicyclic) bond motifs is 2. The van der Waals surface area contributed by atoms with Crippen molar-refractivity contribution in [3.05, 3.63) is 76.3 Å². The minimum atomic E-state index is -0.106. The number of para-hydroxylation sites is 1. The molecule has 5 aliphatic heterocycles. The number of nitrogens with zero attached hydrogens (tertiary/aromatic N) is 2. The van der Waals surface area contributed by atoms with Gasteiger partial charge in [0.2, 0.25) is 11.7 Å². The van der Waals surface area contributed by atoms with Gasteiger partial charge in [0.25, 0.3) is 0 Å². The fourth-order valence-corrected chi connectivity index (χ4v) is 9.34. The number of amides is 1. The van der Waals surface area contributed by atoms with E-state index in [0.717, 1.165) is 41.7 Å². The van der Waals surface area contributed by atoms with E-state index in [1.54, 1.807) is 0 Å². The van der Waals surface area contributed by atoms with Crippen molar-refractivity contribution >= 4 is 29.0 Å². The smallest absolute Gasteiger partial charge is 0.229 e. The van der Waals surface area contributed by atoms with Crippen molar-refractivity contribution in [1.29, 1.82) is 0 Å². The van der Waals surface area contributed by atoms with Crippen molar-refractivity contribution in [1.82, 2.24) is 0 Å². The maximum atomic E-state index is 13.7. The summed E-state index contributed by atoms with van der Waals surface area (Å²) < 4.78 is 7.18. The standard InChI is InChI=1S/C29H28ClN2O3.BrH/c30-19-7-5-17(6-8-19)23(33)16-32-11-10-29-21-3-1-2-4-22(21)31-26(34)14-24-27(28(29)31)20(13-25(29)32)18(15-32)9-12-35-24;/h1-9,20,24-25,27-28H,10-16H2;1H/q+1;/p-1. The second kappa shape index (κ2) is 7.76. The van der Waals surface area contributed by atoms with Crippen LogP contribution in [0.25, 0.3) is 0 Å². The molecule has 7 unspecified atom stereocenters. The van der Waals surface area contributed by atoms with Crippen molar-refractivity contribution < 1.29 is 35.8 Å². The van der Waals surface area contributed by atoms with Gasteiger partial charge >= 0.3 is 0 Å². The average Bonchev–Trinajstić information content (AvgIpc) is 3.29. The van der Waals surface area contributed by atoms with Crippen LogP contribution in [0.2, 0.25) is 5.02 Å². The highest BCUT2D eigenvalue weighted by Gasteiger charge is 2.76. The Labute approximate surface area is 226 Å². The zero-order chi connectivity index (χ0) is 23.5. The van der Waals surface area contributed by atoms with Crippen LogP contribution >= 0.6 is 11.6 Å². The molecule has 7 heteroatoms. The SMILES string of the molecule is O=C(C[N+]12CCC34c5ccccc5N5C(=O)CC6OCC=C(C1)C(CC32)C6C54)c1ccc(Cl)cc1.[Br-]. The molecule has 36 heavy (non-hydrogen) atoms. The molecule has 186 valence electrons. The van der Waals surface area contributed by atoms with Crippen LogP contribution in [0.15, 0.2) is 60.2 Å². The van der Waals surface area contributed by atoms with Crippen LogP contribution in [-0.4, -0.2) is 60.6 Å². The molecule has 1 spiro atoms. The second-order valence-corrected chi connectivity index (χ2v) is 11.9. The highest BCUT2D eigenvalue weighted by molar-refractivity contribution is 6.30. The van der Waals surface area contributed by atoms with Gasteiger partial charge in [-0.05, 0) is 47.4 Å². The average molecular weight is 568 g/mol. The summed E-state index contributed by atoms with van der Waals surface area (Å²) in [4.78, 5) is 29.4. The van der Waals surface area contributed by atoms with E-state index in [2.05, 4.69) is 35.2 Å². The number of anilines is 1. The van der Waals surface area contributed by atoms with Gasteiger partial charge in [-0.15, -0.1) is 0 Å². The number of benzene rings is 2. The first-order chi connectivity index (χ1) is 17.0. The first-order valence-electron chi connectivity index (χ1n) is 12.9. The first kappa shape index (κ1) is 23.2. The molecule has 4 fully saturated rings. The summed E-state index contributed by atoms with van der Waals surface area (Å²) in [5, 5.41) is 0.649. The molecule has 0 N–H and O–H groups in total. The summed E-state index contributed by atoms with van der Waals surface area (Å²) >= 11 is 6.10. The van der Waals surface area contributed by atoms with Gasteiger partial charge in [-0.1, -0.05) is 35.9 Å². The normalized spacial score (nSPS) is 38.6. The molecular formula is C29H28BrClN2O3. The molecule has 2 aromatic carbocycles. The Morgan fingerprint density at radius 3 is 2.81 bits per heavy atom.